The number of ether oxygens (including phenoxy) is 2. The molecule has 1 atom stereocenters. The molecule has 0 saturated carbocycles. The lowest BCUT2D eigenvalue weighted by Gasteiger charge is -2.18. The van der Waals surface area contributed by atoms with Gasteiger partial charge in [0.25, 0.3) is 0 Å². The van der Waals surface area contributed by atoms with E-state index in [1.807, 2.05) is 27.7 Å². The molecule has 166 valence electrons. The van der Waals surface area contributed by atoms with Crippen molar-refractivity contribution in [2.24, 2.45) is 11.8 Å². The molecule has 0 fully saturated rings. The third kappa shape index (κ3) is 17.2. The zero-order chi connectivity index (χ0) is 21.4. The minimum absolute atomic E-state index is 0.0251. The Bertz CT molecular complexity index is 407. The van der Waals surface area contributed by atoms with E-state index < -0.39 is 0 Å². The van der Waals surface area contributed by atoms with Gasteiger partial charge in [0.2, 0.25) is 5.91 Å². The molecule has 0 aliphatic carbocycles. The van der Waals surface area contributed by atoms with Crippen LogP contribution in [-0.4, -0.2) is 43.7 Å². The smallest absolute Gasteiger partial charge is 0.223 e. The van der Waals surface area contributed by atoms with Gasteiger partial charge >= 0.3 is 0 Å². The van der Waals surface area contributed by atoms with E-state index >= 15 is 0 Å². The monoisotopic (exact) mass is 399 g/mol. The Labute approximate surface area is 173 Å². The molecule has 0 saturated heterocycles. The molecule has 0 aliphatic heterocycles. The van der Waals surface area contributed by atoms with Crippen molar-refractivity contribution < 1.29 is 19.1 Å². The minimum Gasteiger partial charge on any atom is -0.379 e. The molecular formula is C23H45NO4. The van der Waals surface area contributed by atoms with E-state index in [4.69, 9.17) is 9.47 Å². The first kappa shape index (κ1) is 27.1. The van der Waals surface area contributed by atoms with Crippen molar-refractivity contribution in [3.63, 3.8) is 0 Å². The third-order valence-electron chi connectivity index (χ3n) is 4.47. The van der Waals surface area contributed by atoms with Crippen LogP contribution in [0.25, 0.3) is 0 Å². The number of unbranched alkanes of at least 4 members (excludes halogenated alkanes) is 3. The molecule has 0 spiro atoms. The molecule has 0 rings (SSSR count). The van der Waals surface area contributed by atoms with Crippen LogP contribution in [0.15, 0.2) is 0 Å². The van der Waals surface area contributed by atoms with Crippen LogP contribution in [0.4, 0.5) is 0 Å². The van der Waals surface area contributed by atoms with E-state index in [2.05, 4.69) is 19.2 Å². The number of amides is 1. The fraction of sp³-hybridized carbons (Fsp3) is 0.913. The van der Waals surface area contributed by atoms with Crippen molar-refractivity contribution in [2.75, 3.05) is 19.8 Å². The van der Waals surface area contributed by atoms with Crippen LogP contribution in [0.3, 0.4) is 0 Å². The first-order chi connectivity index (χ1) is 13.2. The third-order valence-corrected chi connectivity index (χ3v) is 4.47. The standard InChI is InChI=1S/C23H45NO4/c1-18(2)16-21(23(26)24-13-9-11-15-28-20(5)6)17-22(25)12-8-7-10-14-27-19(3)4/h18-21H,7-17H2,1-6H3,(H,24,26)/t21-/m1/s1. The van der Waals surface area contributed by atoms with Gasteiger partial charge in [0.1, 0.15) is 5.78 Å². The molecule has 28 heavy (non-hydrogen) atoms. The Morgan fingerprint density at radius 1 is 0.786 bits per heavy atom. The van der Waals surface area contributed by atoms with Gasteiger partial charge in [-0.05, 0) is 65.7 Å². The summed E-state index contributed by atoms with van der Waals surface area (Å²) in [6, 6.07) is 0. The van der Waals surface area contributed by atoms with Gasteiger partial charge in [0.15, 0.2) is 0 Å². The molecule has 0 aromatic heterocycles. The van der Waals surface area contributed by atoms with Gasteiger partial charge in [-0.25, -0.2) is 0 Å². The van der Waals surface area contributed by atoms with E-state index in [0.717, 1.165) is 51.7 Å². The Kier molecular flexibility index (Phi) is 16.4. The van der Waals surface area contributed by atoms with Gasteiger partial charge in [-0.3, -0.25) is 9.59 Å². The van der Waals surface area contributed by atoms with Crippen LogP contribution < -0.4 is 5.32 Å². The van der Waals surface area contributed by atoms with Crippen LogP contribution in [0.2, 0.25) is 0 Å². The molecule has 0 aliphatic rings. The van der Waals surface area contributed by atoms with E-state index in [-0.39, 0.29) is 29.8 Å². The summed E-state index contributed by atoms with van der Waals surface area (Å²) in [5.41, 5.74) is 0. The summed E-state index contributed by atoms with van der Waals surface area (Å²) in [5.74, 6) is 0.424. The predicted molar refractivity (Wildman–Crippen MR) is 115 cm³/mol. The lowest BCUT2D eigenvalue weighted by Crippen LogP contribution is -2.33. The highest BCUT2D eigenvalue weighted by atomic mass is 16.5. The zero-order valence-corrected chi connectivity index (χ0v) is 19.2. The summed E-state index contributed by atoms with van der Waals surface area (Å²) >= 11 is 0. The van der Waals surface area contributed by atoms with E-state index in [9.17, 15) is 9.59 Å². The van der Waals surface area contributed by atoms with Crippen LogP contribution in [-0.2, 0) is 19.1 Å². The summed E-state index contributed by atoms with van der Waals surface area (Å²) in [5, 5.41) is 3.01. The summed E-state index contributed by atoms with van der Waals surface area (Å²) in [6.07, 6.45) is 6.91. The molecule has 0 unspecified atom stereocenters. The fourth-order valence-electron chi connectivity index (χ4n) is 3.05. The molecule has 0 radical (unpaired) electrons. The number of carbonyl (C=O) groups is 2. The lowest BCUT2D eigenvalue weighted by atomic mass is 9.90. The second kappa shape index (κ2) is 17.0. The first-order valence-electron chi connectivity index (χ1n) is 11.2. The summed E-state index contributed by atoms with van der Waals surface area (Å²) in [6.45, 7) is 14.4. The van der Waals surface area contributed by atoms with Crippen molar-refractivity contribution in [1.82, 2.24) is 5.32 Å². The minimum atomic E-state index is -0.205. The predicted octanol–water partition coefficient (Wildman–Crippen LogP) is 4.91. The molecule has 0 bridgehead atoms. The van der Waals surface area contributed by atoms with E-state index in [1.54, 1.807) is 0 Å². The largest absolute Gasteiger partial charge is 0.379 e. The molecule has 5 nitrogen and oxygen atoms in total. The van der Waals surface area contributed by atoms with Gasteiger partial charge in [0.05, 0.1) is 12.2 Å². The maximum absolute atomic E-state index is 12.5. The average Bonchev–Trinajstić information content (AvgIpc) is 2.59. The second-order valence-corrected chi connectivity index (χ2v) is 8.72. The molecule has 0 aromatic carbocycles. The number of Topliss-reactive ketones (excluding diaryl/α,β-unsaturated/α-hetero) is 1. The Balaban J connectivity index is 4.09. The topological polar surface area (TPSA) is 64.6 Å². The number of nitrogens with one attached hydrogen (secondary N) is 1. The van der Waals surface area contributed by atoms with Gasteiger partial charge in [-0.15, -0.1) is 0 Å². The highest BCUT2D eigenvalue weighted by Gasteiger charge is 2.22. The molecular weight excluding hydrogens is 354 g/mol. The lowest BCUT2D eigenvalue weighted by molar-refractivity contribution is -0.130. The first-order valence-corrected chi connectivity index (χ1v) is 11.2. The number of ketones is 1. The number of carbonyl (C=O) groups excluding carboxylic acids is 2. The molecule has 0 heterocycles. The Morgan fingerprint density at radius 2 is 1.36 bits per heavy atom. The van der Waals surface area contributed by atoms with Crippen molar-refractivity contribution >= 4 is 11.7 Å². The molecule has 5 heteroatoms. The average molecular weight is 400 g/mol. The SMILES string of the molecule is CC(C)C[C@H](CC(=O)CCCCCOC(C)C)C(=O)NCCCCOC(C)C. The van der Waals surface area contributed by atoms with Crippen molar-refractivity contribution in [3.8, 4) is 0 Å². The molecule has 1 amide bonds. The van der Waals surface area contributed by atoms with Gasteiger partial charge in [-0.2, -0.15) is 0 Å². The van der Waals surface area contributed by atoms with Crippen LogP contribution >= 0.6 is 0 Å². The van der Waals surface area contributed by atoms with Gasteiger partial charge in [0, 0.05) is 38.5 Å². The maximum Gasteiger partial charge on any atom is 0.223 e. The Hall–Kier alpha value is -0.940. The number of rotatable bonds is 18. The molecule has 1 N–H and O–H groups in total. The highest BCUT2D eigenvalue weighted by molar-refractivity contribution is 5.86. The highest BCUT2D eigenvalue weighted by Crippen LogP contribution is 2.18. The summed E-state index contributed by atoms with van der Waals surface area (Å²) in [4.78, 5) is 24.9. The van der Waals surface area contributed by atoms with E-state index in [1.165, 1.54) is 0 Å². The van der Waals surface area contributed by atoms with E-state index in [0.29, 0.717) is 25.3 Å². The second-order valence-electron chi connectivity index (χ2n) is 8.72. The Morgan fingerprint density at radius 3 is 1.89 bits per heavy atom. The normalized spacial score (nSPS) is 12.8. The van der Waals surface area contributed by atoms with Gasteiger partial charge in [-0.1, -0.05) is 20.3 Å². The van der Waals surface area contributed by atoms with Gasteiger partial charge < -0.3 is 14.8 Å². The molecule has 0 aromatic rings. The van der Waals surface area contributed by atoms with Crippen molar-refractivity contribution in [3.05, 3.63) is 0 Å². The quantitative estimate of drug-likeness (QED) is 0.332. The van der Waals surface area contributed by atoms with Crippen LogP contribution in [0.1, 0.15) is 92.9 Å². The number of hydrogen-bond acceptors (Lipinski definition) is 4. The van der Waals surface area contributed by atoms with Crippen molar-refractivity contribution in [2.45, 2.75) is 105 Å². The van der Waals surface area contributed by atoms with Crippen LogP contribution in [0.5, 0.6) is 0 Å². The fourth-order valence-corrected chi connectivity index (χ4v) is 3.05. The summed E-state index contributed by atoms with van der Waals surface area (Å²) < 4.78 is 11.0. The van der Waals surface area contributed by atoms with Crippen molar-refractivity contribution in [1.29, 1.82) is 0 Å². The zero-order valence-electron chi connectivity index (χ0n) is 19.2. The maximum atomic E-state index is 12.5. The number of hydrogen-bond donors (Lipinski definition) is 1. The van der Waals surface area contributed by atoms with Crippen LogP contribution in [0, 0.1) is 11.8 Å². The summed E-state index contributed by atoms with van der Waals surface area (Å²) in [7, 11) is 0.